The number of aryl methyl sites for hydroxylation is 1. The number of anilines is 1. The van der Waals surface area contributed by atoms with E-state index in [1.807, 2.05) is 4.90 Å². The molecule has 184 valence electrons. The first-order valence-electron chi connectivity index (χ1n) is 12.8. The van der Waals surface area contributed by atoms with Crippen LogP contribution in [0.5, 0.6) is 5.88 Å². The van der Waals surface area contributed by atoms with E-state index in [-0.39, 0.29) is 29.8 Å². The molecule has 0 bridgehead atoms. The van der Waals surface area contributed by atoms with Gasteiger partial charge in [-0.05, 0) is 102 Å². The van der Waals surface area contributed by atoms with Gasteiger partial charge in [0.2, 0.25) is 11.8 Å². The topological polar surface area (TPSA) is 45.7 Å². The summed E-state index contributed by atoms with van der Waals surface area (Å²) in [7, 11) is 0. The molecule has 1 saturated heterocycles. The molecule has 1 aromatic carbocycles. The van der Waals surface area contributed by atoms with Crippen LogP contribution in [0.3, 0.4) is 0 Å². The van der Waals surface area contributed by atoms with Crippen LogP contribution >= 0.6 is 0 Å². The third-order valence-corrected chi connectivity index (χ3v) is 7.21. The molecular formula is C28H38FN3O2. The Morgan fingerprint density at radius 3 is 2.47 bits per heavy atom. The van der Waals surface area contributed by atoms with Gasteiger partial charge in [0, 0.05) is 30.3 Å². The number of hydrogen-bond donors (Lipinski definition) is 0. The van der Waals surface area contributed by atoms with Gasteiger partial charge < -0.3 is 9.64 Å². The number of rotatable bonds is 7. The molecule has 1 amide bonds. The molecule has 0 unspecified atom stereocenters. The highest BCUT2D eigenvalue weighted by molar-refractivity contribution is 5.95. The zero-order valence-corrected chi connectivity index (χ0v) is 20.8. The molecule has 2 aromatic rings. The summed E-state index contributed by atoms with van der Waals surface area (Å²) in [6.45, 7) is 9.70. The van der Waals surface area contributed by atoms with Crippen LogP contribution in [0.1, 0.15) is 69.9 Å². The lowest BCUT2D eigenvalue weighted by Gasteiger charge is -2.34. The summed E-state index contributed by atoms with van der Waals surface area (Å²) in [5.74, 6) is 0.276. The highest BCUT2D eigenvalue weighted by atomic mass is 19.1. The second-order valence-corrected chi connectivity index (χ2v) is 10.2. The summed E-state index contributed by atoms with van der Waals surface area (Å²) in [6, 6.07) is 9.53. The summed E-state index contributed by atoms with van der Waals surface area (Å²) in [4.78, 5) is 22.1. The molecule has 1 saturated carbocycles. The van der Waals surface area contributed by atoms with Gasteiger partial charge in [0.15, 0.2) is 0 Å². The second-order valence-electron chi connectivity index (χ2n) is 10.2. The molecule has 4 rings (SSSR count). The van der Waals surface area contributed by atoms with Crippen LogP contribution in [-0.4, -0.2) is 41.0 Å². The highest BCUT2D eigenvalue weighted by Gasteiger charge is 2.32. The van der Waals surface area contributed by atoms with Gasteiger partial charge >= 0.3 is 0 Å². The predicted octanol–water partition coefficient (Wildman–Crippen LogP) is 5.89. The fraction of sp³-hybridized carbons (Fsp3) is 0.571. The van der Waals surface area contributed by atoms with Crippen molar-refractivity contribution in [3.05, 3.63) is 53.5 Å². The van der Waals surface area contributed by atoms with Crippen molar-refractivity contribution in [2.24, 2.45) is 5.92 Å². The van der Waals surface area contributed by atoms with Crippen LogP contribution < -0.4 is 9.64 Å². The average molecular weight is 468 g/mol. The average Bonchev–Trinajstić information content (AvgIpc) is 2.83. The number of amides is 1. The van der Waals surface area contributed by atoms with Gasteiger partial charge in [-0.3, -0.25) is 9.69 Å². The van der Waals surface area contributed by atoms with Crippen LogP contribution in [0.4, 0.5) is 10.1 Å². The van der Waals surface area contributed by atoms with Crippen LogP contribution in [0.2, 0.25) is 0 Å². The van der Waals surface area contributed by atoms with E-state index in [0.29, 0.717) is 5.88 Å². The molecule has 6 heteroatoms. The normalized spacial score (nSPS) is 21.4. The number of aromatic nitrogens is 1. The smallest absolute Gasteiger partial charge is 0.230 e. The van der Waals surface area contributed by atoms with Gasteiger partial charge in [-0.2, -0.15) is 0 Å². The SMILES string of the molecule is Cc1cc(N(C(=O)C2CCC(Oc3ccc(F)cn3)CC2)C(C)C)ccc1CN1CCCCC1. The van der Waals surface area contributed by atoms with Crippen molar-refractivity contribution < 1.29 is 13.9 Å². The first-order chi connectivity index (χ1) is 16.4. The molecule has 0 N–H and O–H groups in total. The zero-order valence-electron chi connectivity index (χ0n) is 20.8. The van der Waals surface area contributed by atoms with E-state index < -0.39 is 0 Å². The lowest BCUT2D eigenvalue weighted by atomic mass is 9.86. The molecule has 1 aromatic heterocycles. The fourth-order valence-corrected chi connectivity index (χ4v) is 5.27. The molecule has 0 atom stereocenters. The largest absolute Gasteiger partial charge is 0.474 e. The van der Waals surface area contributed by atoms with Crippen LogP contribution in [-0.2, 0) is 11.3 Å². The Kier molecular flexibility index (Phi) is 8.19. The van der Waals surface area contributed by atoms with Crippen LogP contribution in [0.15, 0.2) is 36.5 Å². The van der Waals surface area contributed by atoms with E-state index in [9.17, 15) is 9.18 Å². The van der Waals surface area contributed by atoms with E-state index in [4.69, 9.17) is 4.74 Å². The number of ether oxygens (including phenoxy) is 1. The first-order valence-corrected chi connectivity index (χ1v) is 12.8. The number of hydrogen-bond acceptors (Lipinski definition) is 4. The van der Waals surface area contributed by atoms with Crippen molar-refractivity contribution in [1.82, 2.24) is 9.88 Å². The number of likely N-dealkylation sites (tertiary alicyclic amines) is 1. The second kappa shape index (κ2) is 11.3. The molecule has 2 heterocycles. The lowest BCUT2D eigenvalue weighted by molar-refractivity contribution is -0.124. The lowest BCUT2D eigenvalue weighted by Crippen LogP contribution is -2.43. The maximum Gasteiger partial charge on any atom is 0.230 e. The monoisotopic (exact) mass is 467 g/mol. The summed E-state index contributed by atoms with van der Waals surface area (Å²) >= 11 is 0. The third-order valence-electron chi connectivity index (χ3n) is 7.21. The minimum atomic E-state index is -0.370. The standard InChI is InChI=1S/C28H38FN3O2/c1-20(2)32(25-11-7-23(21(3)17-25)19-31-15-5-4-6-16-31)28(33)22-8-12-26(13-9-22)34-27-14-10-24(29)18-30-27/h7,10-11,14,17-18,20,22,26H,4-6,8-9,12-13,15-16,19H2,1-3H3. The highest BCUT2D eigenvalue weighted by Crippen LogP contribution is 2.32. The Hall–Kier alpha value is -2.47. The molecule has 5 nitrogen and oxygen atoms in total. The van der Waals surface area contributed by atoms with Crippen LogP contribution in [0, 0.1) is 18.7 Å². The Morgan fingerprint density at radius 1 is 1.12 bits per heavy atom. The van der Waals surface area contributed by atoms with Gasteiger partial charge in [-0.1, -0.05) is 12.5 Å². The predicted molar refractivity (Wildman–Crippen MR) is 133 cm³/mol. The molecular weight excluding hydrogens is 429 g/mol. The van der Waals surface area contributed by atoms with E-state index in [1.165, 1.54) is 55.7 Å². The van der Waals surface area contributed by atoms with Gasteiger partial charge in [-0.15, -0.1) is 0 Å². The third kappa shape index (κ3) is 6.15. The minimum Gasteiger partial charge on any atom is -0.474 e. The Morgan fingerprint density at radius 2 is 1.85 bits per heavy atom. The van der Waals surface area contributed by atoms with Gasteiger partial charge in [-0.25, -0.2) is 9.37 Å². The quantitative estimate of drug-likeness (QED) is 0.509. The number of halogens is 1. The summed E-state index contributed by atoms with van der Waals surface area (Å²) in [5.41, 5.74) is 3.60. The van der Waals surface area contributed by atoms with Gasteiger partial charge in [0.1, 0.15) is 11.9 Å². The van der Waals surface area contributed by atoms with Gasteiger partial charge in [0.25, 0.3) is 0 Å². The number of benzene rings is 1. The van der Waals surface area contributed by atoms with Crippen molar-refractivity contribution in [3.8, 4) is 5.88 Å². The first kappa shape index (κ1) is 24.6. The van der Waals surface area contributed by atoms with Crippen molar-refractivity contribution in [3.63, 3.8) is 0 Å². The molecule has 1 aliphatic heterocycles. The molecule has 34 heavy (non-hydrogen) atoms. The molecule has 1 aliphatic carbocycles. The number of nitrogens with zero attached hydrogens (tertiary/aromatic N) is 3. The van der Waals surface area contributed by atoms with Crippen molar-refractivity contribution in [1.29, 1.82) is 0 Å². The number of pyridine rings is 1. The fourth-order valence-electron chi connectivity index (χ4n) is 5.27. The molecule has 0 spiro atoms. The van der Waals surface area contributed by atoms with Crippen LogP contribution in [0.25, 0.3) is 0 Å². The maximum absolute atomic E-state index is 13.6. The molecule has 0 radical (unpaired) electrons. The Balaban J connectivity index is 1.37. The minimum absolute atomic E-state index is 0.00300. The Labute approximate surface area is 203 Å². The zero-order chi connectivity index (χ0) is 24.1. The van der Waals surface area contributed by atoms with E-state index in [1.54, 1.807) is 6.07 Å². The van der Waals surface area contributed by atoms with Crippen molar-refractivity contribution >= 4 is 11.6 Å². The number of piperidine rings is 1. The van der Waals surface area contributed by atoms with Gasteiger partial charge in [0.05, 0.1) is 6.20 Å². The molecule has 2 aliphatic rings. The summed E-state index contributed by atoms with van der Waals surface area (Å²) in [6.07, 6.45) is 8.30. The van der Waals surface area contributed by atoms with E-state index >= 15 is 0 Å². The van der Waals surface area contributed by atoms with Crippen molar-refractivity contribution in [2.45, 2.75) is 84.4 Å². The maximum atomic E-state index is 13.6. The Bertz CT molecular complexity index is 949. The van der Waals surface area contributed by atoms with Crippen molar-refractivity contribution in [2.75, 3.05) is 18.0 Å². The summed E-state index contributed by atoms with van der Waals surface area (Å²) in [5, 5.41) is 0. The number of carbonyl (C=O) groups excluding carboxylic acids is 1. The van der Waals surface area contributed by atoms with E-state index in [2.05, 4.69) is 48.9 Å². The molecule has 2 fully saturated rings. The number of carbonyl (C=O) groups is 1. The summed E-state index contributed by atoms with van der Waals surface area (Å²) < 4.78 is 19.0. The van der Waals surface area contributed by atoms with E-state index in [0.717, 1.165) is 37.9 Å².